The number of piperidine rings is 1. The molecule has 0 aromatic carbocycles. The molecule has 1 aliphatic rings. The zero-order valence-corrected chi connectivity index (χ0v) is 10.3. The molecule has 1 fully saturated rings. The van der Waals surface area contributed by atoms with E-state index in [-0.39, 0.29) is 18.4 Å². The molecule has 1 unspecified atom stereocenters. The van der Waals surface area contributed by atoms with E-state index in [0.29, 0.717) is 6.54 Å². The summed E-state index contributed by atoms with van der Waals surface area (Å²) in [7, 11) is 0. The maximum absolute atomic E-state index is 12.2. The monoisotopic (exact) mass is 239 g/mol. The number of aliphatic hydroxyl groups excluding tert-OH is 1. The number of carbonyl (C=O) groups excluding carboxylic acids is 1. The average molecular weight is 239 g/mol. The fraction of sp³-hybridized carbons (Fsp3) is 0.583. The van der Waals surface area contributed by atoms with Gasteiger partial charge in [0, 0.05) is 19.7 Å². The van der Waals surface area contributed by atoms with E-state index in [1.807, 2.05) is 23.3 Å². The summed E-state index contributed by atoms with van der Waals surface area (Å²) in [5.74, 6) is 0.392. The maximum atomic E-state index is 12.2. The molecule has 1 aromatic heterocycles. The first-order valence-electron chi connectivity index (χ1n) is 5.66. The molecule has 0 radical (unpaired) electrons. The van der Waals surface area contributed by atoms with Crippen molar-refractivity contribution >= 4 is 17.2 Å². The third kappa shape index (κ3) is 2.28. The van der Waals surface area contributed by atoms with Gasteiger partial charge < -0.3 is 10.0 Å². The van der Waals surface area contributed by atoms with E-state index in [0.717, 1.165) is 29.8 Å². The molecule has 16 heavy (non-hydrogen) atoms. The van der Waals surface area contributed by atoms with Crippen molar-refractivity contribution < 1.29 is 9.90 Å². The predicted octanol–water partition coefficient (Wildman–Crippen LogP) is 1.90. The fourth-order valence-electron chi connectivity index (χ4n) is 2.13. The Labute approximate surface area is 99.7 Å². The lowest BCUT2D eigenvalue weighted by atomic mass is 9.99. The molecule has 3 nitrogen and oxygen atoms in total. The van der Waals surface area contributed by atoms with Crippen LogP contribution >= 0.6 is 11.3 Å². The number of carbonyl (C=O) groups is 1. The molecular formula is C12H17NO2S. The van der Waals surface area contributed by atoms with Gasteiger partial charge in [0.25, 0.3) is 5.91 Å². The Morgan fingerprint density at radius 3 is 3.12 bits per heavy atom. The van der Waals surface area contributed by atoms with E-state index >= 15 is 0 Å². The Morgan fingerprint density at radius 1 is 1.69 bits per heavy atom. The largest absolute Gasteiger partial charge is 0.396 e. The Kier molecular flexibility index (Phi) is 3.61. The minimum Gasteiger partial charge on any atom is -0.396 e. The van der Waals surface area contributed by atoms with E-state index in [9.17, 15) is 4.79 Å². The normalized spacial score (nSPS) is 21.1. The first kappa shape index (κ1) is 11.6. The minimum absolute atomic E-state index is 0.130. The molecule has 2 rings (SSSR count). The number of likely N-dealkylation sites (tertiary alicyclic amines) is 1. The van der Waals surface area contributed by atoms with Crippen LogP contribution < -0.4 is 0 Å². The molecular weight excluding hydrogens is 222 g/mol. The molecule has 1 aromatic rings. The van der Waals surface area contributed by atoms with Crippen molar-refractivity contribution in [2.75, 3.05) is 19.7 Å². The Bertz CT molecular complexity index is 375. The summed E-state index contributed by atoms with van der Waals surface area (Å²) in [4.78, 5) is 14.9. The molecule has 1 N–H and O–H groups in total. The lowest BCUT2D eigenvalue weighted by Gasteiger charge is -2.31. The summed E-state index contributed by atoms with van der Waals surface area (Å²) >= 11 is 1.51. The van der Waals surface area contributed by atoms with Crippen LogP contribution in [0.1, 0.15) is 28.1 Å². The second-order valence-electron chi connectivity index (χ2n) is 4.37. The zero-order valence-electron chi connectivity index (χ0n) is 9.48. The van der Waals surface area contributed by atoms with Gasteiger partial charge in [0.1, 0.15) is 0 Å². The van der Waals surface area contributed by atoms with Crippen LogP contribution in [0, 0.1) is 12.8 Å². The zero-order chi connectivity index (χ0) is 11.5. The predicted molar refractivity (Wildman–Crippen MR) is 64.8 cm³/mol. The van der Waals surface area contributed by atoms with Gasteiger partial charge in [-0.1, -0.05) is 0 Å². The quantitative estimate of drug-likeness (QED) is 0.856. The maximum Gasteiger partial charge on any atom is 0.264 e. The first-order chi connectivity index (χ1) is 7.72. The van der Waals surface area contributed by atoms with Crippen molar-refractivity contribution in [2.24, 2.45) is 5.92 Å². The van der Waals surface area contributed by atoms with Crippen LogP contribution in [-0.4, -0.2) is 35.6 Å². The van der Waals surface area contributed by atoms with Crippen LogP contribution in [0.25, 0.3) is 0 Å². The molecule has 0 aliphatic carbocycles. The van der Waals surface area contributed by atoms with Crippen molar-refractivity contribution in [3.63, 3.8) is 0 Å². The molecule has 0 saturated carbocycles. The van der Waals surface area contributed by atoms with Crippen molar-refractivity contribution in [3.8, 4) is 0 Å². The minimum atomic E-state index is 0.130. The number of hydrogen-bond acceptors (Lipinski definition) is 3. The summed E-state index contributed by atoms with van der Waals surface area (Å²) in [6.07, 6.45) is 2.03. The molecule has 0 bridgehead atoms. The fourth-order valence-corrected chi connectivity index (χ4v) is 3.03. The van der Waals surface area contributed by atoms with Crippen molar-refractivity contribution in [1.29, 1.82) is 0 Å². The van der Waals surface area contributed by atoms with Gasteiger partial charge >= 0.3 is 0 Å². The van der Waals surface area contributed by atoms with Crippen molar-refractivity contribution in [2.45, 2.75) is 19.8 Å². The third-order valence-corrected chi connectivity index (χ3v) is 4.13. The molecule has 1 atom stereocenters. The molecule has 0 spiro atoms. The Hall–Kier alpha value is -0.870. The van der Waals surface area contributed by atoms with Crippen LogP contribution in [0.5, 0.6) is 0 Å². The summed E-state index contributed by atoms with van der Waals surface area (Å²) in [6, 6.07) is 1.98. The van der Waals surface area contributed by atoms with Gasteiger partial charge in [-0.05, 0) is 42.7 Å². The number of thiophene rings is 1. The topological polar surface area (TPSA) is 40.5 Å². The Balaban J connectivity index is 2.07. The molecule has 2 heterocycles. The van der Waals surface area contributed by atoms with Gasteiger partial charge in [-0.25, -0.2) is 0 Å². The van der Waals surface area contributed by atoms with Gasteiger partial charge in [0.05, 0.1) is 4.88 Å². The molecule has 1 saturated heterocycles. The lowest BCUT2D eigenvalue weighted by Crippen LogP contribution is -2.40. The van der Waals surface area contributed by atoms with Gasteiger partial charge in [-0.15, -0.1) is 11.3 Å². The molecule has 88 valence electrons. The number of rotatable bonds is 2. The summed E-state index contributed by atoms with van der Waals surface area (Å²) in [6.45, 7) is 3.68. The highest BCUT2D eigenvalue weighted by Crippen LogP contribution is 2.22. The van der Waals surface area contributed by atoms with Crippen molar-refractivity contribution in [3.05, 3.63) is 21.9 Å². The smallest absolute Gasteiger partial charge is 0.264 e. The van der Waals surface area contributed by atoms with Crippen LogP contribution in [-0.2, 0) is 0 Å². The van der Waals surface area contributed by atoms with E-state index in [4.69, 9.17) is 5.11 Å². The highest BCUT2D eigenvalue weighted by molar-refractivity contribution is 7.12. The number of aliphatic hydroxyl groups is 1. The molecule has 1 aliphatic heterocycles. The SMILES string of the molecule is Cc1ccsc1C(=O)N1CCCC(CO)C1. The lowest BCUT2D eigenvalue weighted by molar-refractivity contribution is 0.0625. The van der Waals surface area contributed by atoms with Crippen molar-refractivity contribution in [1.82, 2.24) is 4.90 Å². The third-order valence-electron chi connectivity index (χ3n) is 3.12. The standard InChI is InChI=1S/C12H17NO2S/c1-9-4-6-16-11(9)12(15)13-5-2-3-10(7-13)8-14/h4,6,10,14H,2-3,5,7-8H2,1H3. The highest BCUT2D eigenvalue weighted by atomic mass is 32.1. The van der Waals surface area contributed by atoms with Crippen LogP contribution in [0.15, 0.2) is 11.4 Å². The van der Waals surface area contributed by atoms with Gasteiger partial charge in [-0.2, -0.15) is 0 Å². The van der Waals surface area contributed by atoms with E-state index in [2.05, 4.69) is 0 Å². The van der Waals surface area contributed by atoms with Crippen LogP contribution in [0.3, 0.4) is 0 Å². The molecule has 4 heteroatoms. The second kappa shape index (κ2) is 4.97. The average Bonchev–Trinajstić information content (AvgIpc) is 2.74. The number of nitrogens with zero attached hydrogens (tertiary/aromatic N) is 1. The van der Waals surface area contributed by atoms with Crippen LogP contribution in [0.4, 0.5) is 0 Å². The summed E-state index contributed by atoms with van der Waals surface area (Å²) < 4.78 is 0. The number of aryl methyl sites for hydroxylation is 1. The first-order valence-corrected chi connectivity index (χ1v) is 6.54. The number of amides is 1. The van der Waals surface area contributed by atoms with Crippen LogP contribution in [0.2, 0.25) is 0 Å². The van der Waals surface area contributed by atoms with E-state index in [1.54, 1.807) is 0 Å². The van der Waals surface area contributed by atoms with E-state index < -0.39 is 0 Å². The van der Waals surface area contributed by atoms with Gasteiger partial charge in [-0.3, -0.25) is 4.79 Å². The van der Waals surface area contributed by atoms with Gasteiger partial charge in [0.2, 0.25) is 0 Å². The van der Waals surface area contributed by atoms with Gasteiger partial charge in [0.15, 0.2) is 0 Å². The second-order valence-corrected chi connectivity index (χ2v) is 5.29. The number of hydrogen-bond donors (Lipinski definition) is 1. The Morgan fingerprint density at radius 2 is 2.50 bits per heavy atom. The molecule has 1 amide bonds. The summed E-state index contributed by atoms with van der Waals surface area (Å²) in [5, 5.41) is 11.1. The van der Waals surface area contributed by atoms with E-state index in [1.165, 1.54) is 11.3 Å². The highest BCUT2D eigenvalue weighted by Gasteiger charge is 2.25. The summed E-state index contributed by atoms with van der Waals surface area (Å²) in [5.41, 5.74) is 1.06.